The molecule has 2 aromatic carbocycles. The summed E-state index contributed by atoms with van der Waals surface area (Å²) in [6.45, 7) is 2.35. The largest absolute Gasteiger partial charge is 0.330 e. The highest BCUT2D eigenvalue weighted by Gasteiger charge is 2.59. The molecule has 0 unspecified atom stereocenters. The number of carbonyl (C=O) groups is 2. The predicted octanol–water partition coefficient (Wildman–Crippen LogP) is 3.21. The van der Waals surface area contributed by atoms with Crippen LogP contribution in [-0.4, -0.2) is 32.8 Å². The Kier molecular flexibility index (Phi) is 3.84. The van der Waals surface area contributed by atoms with Gasteiger partial charge in [0.1, 0.15) is 11.1 Å². The Morgan fingerprint density at radius 1 is 1.14 bits per heavy atom. The number of amides is 2. The molecule has 2 aliphatic rings. The van der Waals surface area contributed by atoms with Crippen molar-refractivity contribution in [1.29, 1.82) is 0 Å². The van der Waals surface area contributed by atoms with E-state index in [0.29, 0.717) is 24.4 Å². The molecule has 146 valence electrons. The molecular formula is C23H22N4O2. The summed E-state index contributed by atoms with van der Waals surface area (Å²) in [5.41, 5.74) is 3.24. The van der Waals surface area contributed by atoms with Crippen molar-refractivity contribution in [2.24, 2.45) is 7.05 Å². The van der Waals surface area contributed by atoms with Crippen LogP contribution in [0.2, 0.25) is 0 Å². The first kappa shape index (κ1) is 17.7. The highest BCUT2D eigenvalue weighted by atomic mass is 16.2. The Balaban J connectivity index is 1.69. The van der Waals surface area contributed by atoms with Gasteiger partial charge in [0.05, 0.1) is 18.1 Å². The summed E-state index contributed by atoms with van der Waals surface area (Å²) in [5, 5.41) is 3.05. The van der Waals surface area contributed by atoms with Gasteiger partial charge in [-0.1, -0.05) is 48.5 Å². The molecule has 3 heterocycles. The average molecular weight is 386 g/mol. The van der Waals surface area contributed by atoms with Gasteiger partial charge in [0.25, 0.3) is 5.91 Å². The molecule has 6 nitrogen and oxygen atoms in total. The number of nitrogens with zero attached hydrogens (tertiary/aromatic N) is 3. The fourth-order valence-electron chi connectivity index (χ4n) is 4.99. The molecule has 3 aromatic rings. The van der Waals surface area contributed by atoms with E-state index in [0.717, 1.165) is 16.8 Å². The Hall–Kier alpha value is -3.41. The third-order valence-corrected chi connectivity index (χ3v) is 6.29. The molecular weight excluding hydrogens is 364 g/mol. The van der Waals surface area contributed by atoms with Gasteiger partial charge in [-0.3, -0.25) is 9.59 Å². The number of fused-ring (bicyclic) bond motifs is 2. The van der Waals surface area contributed by atoms with E-state index in [4.69, 9.17) is 0 Å². The number of aromatic nitrogens is 2. The topological polar surface area (TPSA) is 67.2 Å². The van der Waals surface area contributed by atoms with Crippen molar-refractivity contribution >= 4 is 17.5 Å². The third-order valence-electron chi connectivity index (χ3n) is 6.29. The molecule has 5 rings (SSSR count). The van der Waals surface area contributed by atoms with Gasteiger partial charge in [-0.2, -0.15) is 0 Å². The number of para-hydroxylation sites is 1. The third kappa shape index (κ3) is 2.38. The second-order valence-electron chi connectivity index (χ2n) is 7.82. The molecule has 2 aliphatic heterocycles. The zero-order valence-electron chi connectivity index (χ0n) is 16.4. The lowest BCUT2D eigenvalue weighted by Crippen LogP contribution is -2.43. The number of carbonyl (C=O) groups excluding carboxylic acids is 2. The van der Waals surface area contributed by atoms with E-state index >= 15 is 0 Å². The van der Waals surface area contributed by atoms with Gasteiger partial charge in [0.2, 0.25) is 5.91 Å². The number of anilines is 1. The van der Waals surface area contributed by atoms with Gasteiger partial charge < -0.3 is 14.8 Å². The summed E-state index contributed by atoms with van der Waals surface area (Å²) in [4.78, 5) is 33.1. The molecule has 1 aromatic heterocycles. The molecule has 6 heteroatoms. The van der Waals surface area contributed by atoms with Crippen LogP contribution < -0.4 is 5.32 Å². The normalized spacial score (nSPS) is 22.8. The number of hydrogen-bond acceptors (Lipinski definition) is 3. The molecule has 29 heavy (non-hydrogen) atoms. The number of hydrogen-bond donors (Lipinski definition) is 1. The minimum Gasteiger partial charge on any atom is -0.330 e. The minimum absolute atomic E-state index is 0.0374. The SMILES string of the molecule is Cc1ncn(C)c1C(=O)N1CC[C@]2(C(=O)Nc3ccccc32)[C@@H]1c1ccccc1. The molecule has 0 aliphatic carbocycles. The Morgan fingerprint density at radius 2 is 1.86 bits per heavy atom. The van der Waals surface area contributed by atoms with Gasteiger partial charge in [-0.15, -0.1) is 0 Å². The van der Waals surface area contributed by atoms with E-state index in [2.05, 4.69) is 10.3 Å². The molecule has 0 bridgehead atoms. The number of benzene rings is 2. The lowest BCUT2D eigenvalue weighted by Gasteiger charge is -2.34. The lowest BCUT2D eigenvalue weighted by atomic mass is 9.72. The molecule has 0 saturated carbocycles. The van der Waals surface area contributed by atoms with E-state index in [9.17, 15) is 9.59 Å². The summed E-state index contributed by atoms with van der Waals surface area (Å²) in [5.74, 6) is -0.130. The van der Waals surface area contributed by atoms with Crippen molar-refractivity contribution in [3.63, 3.8) is 0 Å². The van der Waals surface area contributed by atoms with Gasteiger partial charge >= 0.3 is 0 Å². The van der Waals surface area contributed by atoms with Crippen molar-refractivity contribution < 1.29 is 9.59 Å². The highest BCUT2D eigenvalue weighted by Crippen LogP contribution is 2.54. The van der Waals surface area contributed by atoms with Crippen LogP contribution in [0.15, 0.2) is 60.9 Å². The molecule has 2 atom stereocenters. The van der Waals surface area contributed by atoms with E-state index in [1.807, 2.05) is 73.5 Å². The zero-order valence-corrected chi connectivity index (χ0v) is 16.4. The number of aryl methyl sites for hydroxylation is 2. The smallest absolute Gasteiger partial charge is 0.272 e. The van der Waals surface area contributed by atoms with E-state index in [1.165, 1.54) is 0 Å². The zero-order chi connectivity index (χ0) is 20.2. The van der Waals surface area contributed by atoms with E-state index < -0.39 is 5.41 Å². The monoisotopic (exact) mass is 386 g/mol. The van der Waals surface area contributed by atoms with Crippen molar-refractivity contribution in [1.82, 2.24) is 14.5 Å². The van der Waals surface area contributed by atoms with Crippen LogP contribution >= 0.6 is 0 Å². The maximum absolute atomic E-state index is 13.6. The molecule has 1 saturated heterocycles. The van der Waals surface area contributed by atoms with Crippen LogP contribution in [0.25, 0.3) is 0 Å². The first-order chi connectivity index (χ1) is 14.0. The van der Waals surface area contributed by atoms with Crippen LogP contribution in [0, 0.1) is 6.92 Å². The number of nitrogens with one attached hydrogen (secondary N) is 1. The van der Waals surface area contributed by atoms with E-state index in [1.54, 1.807) is 10.9 Å². The second kappa shape index (κ2) is 6.30. The average Bonchev–Trinajstić information content (AvgIpc) is 3.38. The van der Waals surface area contributed by atoms with Crippen LogP contribution in [0.3, 0.4) is 0 Å². The quantitative estimate of drug-likeness (QED) is 0.735. The summed E-state index contributed by atoms with van der Waals surface area (Å²) in [7, 11) is 1.83. The maximum atomic E-state index is 13.6. The van der Waals surface area contributed by atoms with Gasteiger partial charge in [0, 0.05) is 19.3 Å². The molecule has 0 radical (unpaired) electrons. The summed E-state index contributed by atoms with van der Waals surface area (Å²) < 4.78 is 1.76. The summed E-state index contributed by atoms with van der Waals surface area (Å²) >= 11 is 0. The fraction of sp³-hybridized carbons (Fsp3) is 0.261. The van der Waals surface area contributed by atoms with Crippen LogP contribution in [0.5, 0.6) is 0 Å². The van der Waals surface area contributed by atoms with Gasteiger partial charge in [0.15, 0.2) is 0 Å². The van der Waals surface area contributed by atoms with Crippen LogP contribution in [0.4, 0.5) is 5.69 Å². The maximum Gasteiger partial charge on any atom is 0.272 e. The van der Waals surface area contributed by atoms with Gasteiger partial charge in [-0.05, 0) is 30.5 Å². The summed E-state index contributed by atoms with van der Waals surface area (Å²) in [6.07, 6.45) is 2.24. The first-order valence-corrected chi connectivity index (χ1v) is 9.79. The van der Waals surface area contributed by atoms with Crippen molar-refractivity contribution in [2.75, 3.05) is 11.9 Å². The van der Waals surface area contributed by atoms with Crippen molar-refractivity contribution in [3.8, 4) is 0 Å². The van der Waals surface area contributed by atoms with E-state index in [-0.39, 0.29) is 17.9 Å². The Bertz CT molecular complexity index is 1100. The molecule has 1 fully saturated rings. The van der Waals surface area contributed by atoms with Crippen molar-refractivity contribution in [2.45, 2.75) is 24.8 Å². The molecule has 1 spiro atoms. The standard InChI is InChI=1S/C23H22N4O2/c1-15-19(26(2)14-24-15)21(28)27-13-12-23(20(27)16-8-4-3-5-9-16)17-10-6-7-11-18(17)25-22(23)29/h3-11,14,20H,12-13H2,1-2H3,(H,25,29)/t20-,23+/m0/s1. The second-order valence-corrected chi connectivity index (χ2v) is 7.82. The Labute approximate surface area is 169 Å². The lowest BCUT2D eigenvalue weighted by molar-refractivity contribution is -0.121. The highest BCUT2D eigenvalue weighted by molar-refractivity contribution is 6.08. The van der Waals surface area contributed by atoms with Gasteiger partial charge in [-0.25, -0.2) is 4.98 Å². The first-order valence-electron chi connectivity index (χ1n) is 9.79. The number of likely N-dealkylation sites (tertiary alicyclic amines) is 1. The summed E-state index contributed by atoms with van der Waals surface area (Å²) in [6, 6.07) is 17.3. The predicted molar refractivity (Wildman–Crippen MR) is 110 cm³/mol. The Morgan fingerprint density at radius 3 is 2.59 bits per heavy atom. The number of rotatable bonds is 2. The molecule has 1 N–H and O–H groups in total. The number of imidazole rings is 1. The van der Waals surface area contributed by atoms with Crippen LogP contribution in [-0.2, 0) is 17.3 Å². The molecule has 2 amide bonds. The fourth-order valence-corrected chi connectivity index (χ4v) is 4.99. The minimum atomic E-state index is -0.792. The van der Waals surface area contributed by atoms with Crippen LogP contribution in [0.1, 0.15) is 39.8 Å². The van der Waals surface area contributed by atoms with Crippen molar-refractivity contribution in [3.05, 3.63) is 83.4 Å².